The summed E-state index contributed by atoms with van der Waals surface area (Å²) in [5, 5.41) is 18.9. The molecule has 8 nitrogen and oxygen atoms in total. The number of aromatic amines is 1. The maximum Gasteiger partial charge on any atom is 0.330 e. The highest BCUT2D eigenvalue weighted by Gasteiger charge is 2.45. The zero-order valence-corrected chi connectivity index (χ0v) is 9.59. The van der Waals surface area contributed by atoms with E-state index in [9.17, 15) is 14.7 Å². The Bertz CT molecular complexity index is 570. The van der Waals surface area contributed by atoms with Crippen molar-refractivity contribution in [1.82, 2.24) is 9.54 Å². The smallest absolute Gasteiger partial charge is 0.330 e. The van der Waals surface area contributed by atoms with Crippen LogP contribution in [0.25, 0.3) is 0 Å². The van der Waals surface area contributed by atoms with Gasteiger partial charge in [-0.1, -0.05) is 0 Å². The van der Waals surface area contributed by atoms with Crippen molar-refractivity contribution in [2.45, 2.75) is 24.5 Å². The molecule has 0 aliphatic carbocycles. The van der Waals surface area contributed by atoms with Gasteiger partial charge in [0.1, 0.15) is 18.3 Å². The largest absolute Gasteiger partial charge is 0.394 e. The fourth-order valence-corrected chi connectivity index (χ4v) is 1.94. The van der Waals surface area contributed by atoms with Gasteiger partial charge >= 0.3 is 5.69 Å². The summed E-state index contributed by atoms with van der Waals surface area (Å²) in [6.07, 6.45) is -2.74. The van der Waals surface area contributed by atoms with Crippen LogP contribution in [-0.4, -0.2) is 51.8 Å². The second-order valence-electron chi connectivity index (χ2n) is 3.89. The van der Waals surface area contributed by atoms with Crippen molar-refractivity contribution >= 4 is 0 Å². The predicted molar refractivity (Wildman–Crippen MR) is 59.1 cm³/mol. The zero-order chi connectivity index (χ0) is 14.2. The van der Waals surface area contributed by atoms with Crippen LogP contribution in [-0.2, 0) is 9.47 Å². The molecule has 0 amide bonds. The summed E-state index contributed by atoms with van der Waals surface area (Å²) < 4.78 is 18.6. The second kappa shape index (κ2) is 5.02. The Morgan fingerprint density at radius 2 is 2.39 bits per heavy atom. The fraction of sp³-hybridized carbons (Fsp3) is 0.600. The van der Waals surface area contributed by atoms with Gasteiger partial charge in [0, 0.05) is 19.4 Å². The normalized spacial score (nSPS) is 32.5. The molecule has 0 aromatic carbocycles. The summed E-state index contributed by atoms with van der Waals surface area (Å²) in [4.78, 5) is 23.1. The molecule has 0 spiro atoms. The van der Waals surface area contributed by atoms with Crippen LogP contribution in [0.5, 0.6) is 0 Å². The molecule has 0 unspecified atom stereocenters. The first-order valence-corrected chi connectivity index (χ1v) is 5.32. The van der Waals surface area contributed by atoms with E-state index in [-0.39, 0.29) is 4.98 Å². The first kappa shape index (κ1) is 11.6. The number of aliphatic hydroxyl groups excluding tert-OH is 2. The number of aromatic nitrogens is 2. The van der Waals surface area contributed by atoms with Crippen molar-refractivity contribution < 1.29 is 21.1 Å². The number of rotatable bonds is 3. The van der Waals surface area contributed by atoms with Crippen LogP contribution >= 0.6 is 0 Å². The van der Waals surface area contributed by atoms with E-state index in [0.29, 0.717) is 0 Å². The van der Waals surface area contributed by atoms with Crippen LogP contribution in [0.15, 0.2) is 21.9 Å². The predicted octanol–water partition coefficient (Wildman–Crippen LogP) is -2.20. The first-order valence-electron chi connectivity index (χ1n) is 5.76. The molecule has 1 aromatic rings. The number of nitrogens with one attached hydrogen (secondary N) is 1. The standard InChI is InChI=1S/C10H14N2O6/c1-17-8-7(15)5(4-13)18-9(8)12-3-2-6(14)11-10(12)16/h2-3,5,7-9,13,15H,4H2,1H3,(H,11,14,16)/t5-,7-,8-,9-/m1/s1/i/hD. The number of ether oxygens (including phenoxy) is 2. The number of aliphatic hydroxyl groups is 2. The lowest BCUT2D eigenvalue weighted by Gasteiger charge is -2.19. The van der Waals surface area contributed by atoms with Crippen LogP contribution in [0.4, 0.5) is 0 Å². The van der Waals surface area contributed by atoms with E-state index in [1.807, 2.05) is 0 Å². The molecule has 3 N–H and O–H groups in total. The third-order valence-electron chi connectivity index (χ3n) is 2.84. The Labute approximate surface area is 103 Å². The van der Waals surface area contributed by atoms with E-state index in [1.165, 1.54) is 13.3 Å². The molecule has 1 aliphatic rings. The van der Waals surface area contributed by atoms with Crippen molar-refractivity contribution in [1.29, 1.82) is 0 Å². The molecule has 8 heteroatoms. The summed E-state index contributed by atoms with van der Waals surface area (Å²) in [6, 6.07) is 1.03. The summed E-state index contributed by atoms with van der Waals surface area (Å²) in [7, 11) is 1.33. The zero-order valence-electron chi connectivity index (χ0n) is 10.6. The number of methoxy groups -OCH3 is 1. The van der Waals surface area contributed by atoms with Gasteiger partial charge in [0.05, 0.1) is 6.61 Å². The Morgan fingerprint density at radius 3 is 3.00 bits per heavy atom. The van der Waals surface area contributed by atoms with Crippen LogP contribution in [0.1, 0.15) is 6.23 Å². The number of H-pyrrole nitrogens is 1. The average molecular weight is 259 g/mol. The van der Waals surface area contributed by atoms with Gasteiger partial charge in [-0.05, 0) is 0 Å². The molecule has 100 valence electrons. The summed E-state index contributed by atoms with van der Waals surface area (Å²) in [5.41, 5.74) is -1.68. The van der Waals surface area contributed by atoms with Crippen LogP contribution < -0.4 is 11.2 Å². The minimum absolute atomic E-state index is 0.175. The van der Waals surface area contributed by atoms with Crippen molar-refractivity contribution in [2.75, 3.05) is 13.7 Å². The Balaban J connectivity index is 2.44. The van der Waals surface area contributed by atoms with Gasteiger partial charge in [-0.15, -0.1) is 0 Å². The lowest BCUT2D eigenvalue weighted by atomic mass is 10.1. The van der Waals surface area contributed by atoms with Gasteiger partial charge < -0.3 is 19.7 Å². The van der Waals surface area contributed by atoms with E-state index in [1.54, 1.807) is 0 Å². The SMILES string of the molecule is [2H]n1c(=O)ccn([C@@H]2O[C@H](CO)[C@@H](O)[C@H]2OC)c1=O. The third-order valence-corrected chi connectivity index (χ3v) is 2.84. The molecule has 1 aromatic heterocycles. The van der Waals surface area contributed by atoms with Crippen LogP contribution in [0.2, 0.25) is 1.41 Å². The highest BCUT2D eigenvalue weighted by molar-refractivity contribution is 4.93. The van der Waals surface area contributed by atoms with E-state index in [2.05, 4.69) is 0 Å². The number of nitrogens with zero attached hydrogens (tertiary/aromatic N) is 1. The van der Waals surface area contributed by atoms with Crippen LogP contribution in [0, 0.1) is 0 Å². The lowest BCUT2D eigenvalue weighted by Crippen LogP contribution is -2.38. The van der Waals surface area contributed by atoms with E-state index in [4.69, 9.17) is 16.0 Å². The highest BCUT2D eigenvalue weighted by Crippen LogP contribution is 2.29. The van der Waals surface area contributed by atoms with Crippen molar-refractivity contribution in [3.63, 3.8) is 0 Å². The first-order chi connectivity index (χ1) is 9.01. The molecular formula is C10H14N2O6. The Hall–Kier alpha value is -1.48. The maximum atomic E-state index is 11.8. The van der Waals surface area contributed by atoms with Crippen molar-refractivity contribution in [3.05, 3.63) is 33.1 Å². The molecule has 0 saturated carbocycles. The second-order valence-corrected chi connectivity index (χ2v) is 3.89. The Kier molecular flexibility index (Phi) is 3.24. The van der Waals surface area contributed by atoms with Gasteiger partial charge in [-0.2, -0.15) is 0 Å². The third kappa shape index (κ3) is 2.10. The van der Waals surface area contributed by atoms with E-state index in [0.717, 1.165) is 10.6 Å². The fourth-order valence-electron chi connectivity index (χ4n) is 1.94. The molecule has 18 heavy (non-hydrogen) atoms. The highest BCUT2D eigenvalue weighted by atomic mass is 16.6. The number of hydrogen-bond donors (Lipinski definition) is 3. The molecule has 2 rings (SSSR count). The maximum absolute atomic E-state index is 11.8. The average Bonchev–Trinajstić information content (AvgIpc) is 2.72. The Morgan fingerprint density at radius 1 is 1.67 bits per heavy atom. The summed E-state index contributed by atoms with van der Waals surface area (Å²) in [6.45, 7) is -0.438. The van der Waals surface area contributed by atoms with Gasteiger partial charge in [-0.25, -0.2) is 4.79 Å². The molecule has 0 bridgehead atoms. The van der Waals surface area contributed by atoms with E-state index < -0.39 is 42.4 Å². The van der Waals surface area contributed by atoms with Crippen molar-refractivity contribution in [3.8, 4) is 0 Å². The molecule has 1 saturated heterocycles. The molecule has 1 aliphatic heterocycles. The minimum atomic E-state index is -1.11. The minimum Gasteiger partial charge on any atom is -0.394 e. The molecular weight excluding hydrogens is 244 g/mol. The van der Waals surface area contributed by atoms with Gasteiger partial charge in [0.15, 0.2) is 7.64 Å². The van der Waals surface area contributed by atoms with Crippen LogP contribution in [0.3, 0.4) is 0 Å². The molecule has 2 heterocycles. The summed E-state index contributed by atoms with van der Waals surface area (Å²) >= 11 is 0. The molecule has 4 atom stereocenters. The van der Waals surface area contributed by atoms with E-state index >= 15 is 0 Å². The van der Waals surface area contributed by atoms with Crippen molar-refractivity contribution in [2.24, 2.45) is 0 Å². The molecule has 0 radical (unpaired) electrons. The number of hydrogen-bond acceptors (Lipinski definition) is 6. The van der Waals surface area contributed by atoms with Gasteiger partial charge in [-0.3, -0.25) is 14.3 Å². The monoisotopic (exact) mass is 259 g/mol. The van der Waals surface area contributed by atoms with Gasteiger partial charge in [0.25, 0.3) is 5.56 Å². The molecule has 1 fully saturated rings. The summed E-state index contributed by atoms with van der Waals surface area (Å²) in [5.74, 6) is 0. The van der Waals surface area contributed by atoms with Gasteiger partial charge in [0.2, 0.25) is 0 Å². The lowest BCUT2D eigenvalue weighted by molar-refractivity contribution is -0.0625. The quantitative estimate of drug-likeness (QED) is 0.568. The topological polar surface area (TPSA) is 114 Å².